The van der Waals surface area contributed by atoms with E-state index in [9.17, 15) is 0 Å². The molecule has 6 heteroatoms. The average Bonchev–Trinajstić information content (AvgIpc) is 2.60. The normalized spacial score (nSPS) is 10.0. The largest absolute Gasteiger partial charge is 0.493 e. The van der Waals surface area contributed by atoms with Gasteiger partial charge in [-0.15, -0.1) is 6.58 Å². The monoisotopic (exact) mass is 314 g/mol. The summed E-state index contributed by atoms with van der Waals surface area (Å²) in [6.45, 7) is 5.06. The van der Waals surface area contributed by atoms with Crippen LogP contribution in [0.1, 0.15) is 5.56 Å². The Morgan fingerprint density at radius 2 is 1.96 bits per heavy atom. The van der Waals surface area contributed by atoms with E-state index in [1.807, 2.05) is 24.3 Å². The van der Waals surface area contributed by atoms with Crippen LogP contribution in [-0.2, 0) is 6.42 Å². The van der Waals surface area contributed by atoms with Crippen LogP contribution in [0.2, 0.25) is 0 Å². The number of nitrogens with zero attached hydrogens (tertiary/aromatic N) is 2. The van der Waals surface area contributed by atoms with Crippen molar-refractivity contribution in [3.8, 4) is 11.5 Å². The van der Waals surface area contributed by atoms with Crippen molar-refractivity contribution < 1.29 is 9.47 Å². The van der Waals surface area contributed by atoms with E-state index in [-0.39, 0.29) is 0 Å². The molecule has 0 radical (unpaired) electrons. The lowest BCUT2D eigenvalue weighted by atomic mass is 10.1. The smallest absolute Gasteiger partial charge is 0.224 e. The molecule has 0 bridgehead atoms. The Morgan fingerprint density at radius 1 is 1.13 bits per heavy atom. The molecule has 0 aliphatic heterocycles. The fourth-order valence-corrected chi connectivity index (χ4v) is 2.07. The zero-order chi connectivity index (χ0) is 16.5. The molecule has 2 rings (SSSR count). The van der Waals surface area contributed by atoms with Crippen molar-refractivity contribution in [1.82, 2.24) is 9.97 Å². The number of methoxy groups -OCH3 is 2. The first-order valence-corrected chi connectivity index (χ1v) is 7.39. The molecule has 0 aliphatic rings. The number of aromatic nitrogens is 2. The van der Waals surface area contributed by atoms with Crippen LogP contribution in [0.3, 0.4) is 0 Å². The average molecular weight is 314 g/mol. The number of hydrogen-bond donors (Lipinski definition) is 2. The predicted molar refractivity (Wildman–Crippen MR) is 92.5 cm³/mol. The van der Waals surface area contributed by atoms with Crippen molar-refractivity contribution in [3.63, 3.8) is 0 Å². The van der Waals surface area contributed by atoms with Gasteiger partial charge in [0.25, 0.3) is 0 Å². The van der Waals surface area contributed by atoms with E-state index in [0.29, 0.717) is 12.5 Å². The fourth-order valence-electron chi connectivity index (χ4n) is 2.07. The summed E-state index contributed by atoms with van der Waals surface area (Å²) < 4.78 is 10.5. The highest BCUT2D eigenvalue weighted by atomic mass is 16.5. The maximum Gasteiger partial charge on any atom is 0.224 e. The van der Waals surface area contributed by atoms with Gasteiger partial charge >= 0.3 is 0 Å². The van der Waals surface area contributed by atoms with E-state index in [2.05, 4.69) is 27.2 Å². The molecule has 23 heavy (non-hydrogen) atoms. The van der Waals surface area contributed by atoms with Gasteiger partial charge in [-0.05, 0) is 30.2 Å². The molecule has 0 saturated heterocycles. The first-order valence-electron chi connectivity index (χ1n) is 7.39. The lowest BCUT2D eigenvalue weighted by molar-refractivity contribution is 0.354. The van der Waals surface area contributed by atoms with Gasteiger partial charge in [-0.25, -0.2) is 4.98 Å². The van der Waals surface area contributed by atoms with E-state index >= 15 is 0 Å². The van der Waals surface area contributed by atoms with Crippen LogP contribution in [0.25, 0.3) is 0 Å². The van der Waals surface area contributed by atoms with Crippen molar-refractivity contribution in [3.05, 3.63) is 48.7 Å². The molecule has 1 aromatic heterocycles. The standard InChI is InChI=1S/C17H22N4O2/c1-4-9-18-16-8-11-20-17(21-16)19-10-7-13-5-6-14(22-2)15(12-13)23-3/h4-6,8,11-12H,1,7,9-10H2,2-3H3,(H2,18,19,20,21). The second kappa shape index (κ2) is 8.63. The van der Waals surface area contributed by atoms with E-state index in [1.54, 1.807) is 26.5 Å². The summed E-state index contributed by atoms with van der Waals surface area (Å²) in [5.74, 6) is 2.83. The van der Waals surface area contributed by atoms with Crippen molar-refractivity contribution in [1.29, 1.82) is 0 Å². The molecule has 0 fully saturated rings. The maximum atomic E-state index is 5.31. The Bertz CT molecular complexity index is 646. The molecule has 0 spiro atoms. The molecule has 0 amide bonds. The lowest BCUT2D eigenvalue weighted by Gasteiger charge is -2.10. The van der Waals surface area contributed by atoms with E-state index < -0.39 is 0 Å². The van der Waals surface area contributed by atoms with Crippen LogP contribution in [-0.4, -0.2) is 37.3 Å². The first kappa shape index (κ1) is 16.6. The summed E-state index contributed by atoms with van der Waals surface area (Å²) >= 11 is 0. The minimum Gasteiger partial charge on any atom is -0.493 e. The van der Waals surface area contributed by atoms with Gasteiger partial charge in [-0.2, -0.15) is 4.98 Å². The third kappa shape index (κ3) is 4.88. The van der Waals surface area contributed by atoms with E-state index in [1.165, 1.54) is 0 Å². The van der Waals surface area contributed by atoms with E-state index in [0.717, 1.165) is 35.8 Å². The van der Waals surface area contributed by atoms with E-state index in [4.69, 9.17) is 9.47 Å². The van der Waals surface area contributed by atoms with Crippen molar-refractivity contribution in [2.75, 3.05) is 37.9 Å². The van der Waals surface area contributed by atoms with Gasteiger partial charge in [0.1, 0.15) is 5.82 Å². The highest BCUT2D eigenvalue weighted by molar-refractivity contribution is 5.43. The zero-order valence-corrected chi connectivity index (χ0v) is 13.5. The number of hydrogen-bond acceptors (Lipinski definition) is 6. The third-order valence-corrected chi connectivity index (χ3v) is 3.23. The summed E-state index contributed by atoms with van der Waals surface area (Å²) in [5.41, 5.74) is 1.15. The molecule has 2 N–H and O–H groups in total. The highest BCUT2D eigenvalue weighted by Gasteiger charge is 2.05. The predicted octanol–water partition coefficient (Wildman–Crippen LogP) is 2.75. The van der Waals surface area contributed by atoms with Crippen LogP contribution in [0, 0.1) is 0 Å². The number of anilines is 2. The molecule has 6 nitrogen and oxygen atoms in total. The molecular formula is C17H22N4O2. The second-order valence-electron chi connectivity index (χ2n) is 4.80. The molecule has 122 valence electrons. The zero-order valence-electron chi connectivity index (χ0n) is 13.5. The first-order chi connectivity index (χ1) is 11.3. The van der Waals surface area contributed by atoms with Gasteiger partial charge in [0.15, 0.2) is 11.5 Å². The molecule has 0 atom stereocenters. The van der Waals surface area contributed by atoms with Gasteiger partial charge in [0.05, 0.1) is 14.2 Å². The number of nitrogens with one attached hydrogen (secondary N) is 2. The quantitative estimate of drug-likeness (QED) is 0.694. The van der Waals surface area contributed by atoms with Gasteiger partial charge in [0.2, 0.25) is 5.95 Å². The van der Waals surface area contributed by atoms with Crippen molar-refractivity contribution >= 4 is 11.8 Å². The summed E-state index contributed by atoms with van der Waals surface area (Å²) in [6.07, 6.45) is 4.33. The SMILES string of the molecule is C=CCNc1ccnc(NCCc2ccc(OC)c(OC)c2)n1. The third-order valence-electron chi connectivity index (χ3n) is 3.23. The van der Waals surface area contributed by atoms with Crippen LogP contribution in [0.5, 0.6) is 11.5 Å². The molecule has 0 saturated carbocycles. The summed E-state index contributed by atoms with van der Waals surface area (Å²) in [7, 11) is 3.26. The number of ether oxygens (including phenoxy) is 2. The minimum absolute atomic E-state index is 0.597. The summed E-state index contributed by atoms with van der Waals surface area (Å²) in [5, 5.41) is 6.35. The molecular weight excluding hydrogens is 292 g/mol. The van der Waals surface area contributed by atoms with Crippen molar-refractivity contribution in [2.24, 2.45) is 0 Å². The van der Waals surface area contributed by atoms with Crippen molar-refractivity contribution in [2.45, 2.75) is 6.42 Å². The van der Waals surface area contributed by atoms with Crippen LogP contribution < -0.4 is 20.1 Å². The Hall–Kier alpha value is -2.76. The van der Waals surface area contributed by atoms with Gasteiger partial charge in [-0.1, -0.05) is 12.1 Å². The fraction of sp³-hybridized carbons (Fsp3) is 0.294. The summed E-state index contributed by atoms with van der Waals surface area (Å²) in [4.78, 5) is 8.58. The number of benzene rings is 1. The molecule has 0 aliphatic carbocycles. The second-order valence-corrected chi connectivity index (χ2v) is 4.80. The Balaban J connectivity index is 1.90. The Labute approximate surface area is 136 Å². The van der Waals surface area contributed by atoms with Crippen LogP contribution >= 0.6 is 0 Å². The number of rotatable bonds is 9. The Kier molecular flexibility index (Phi) is 6.23. The minimum atomic E-state index is 0.597. The van der Waals surface area contributed by atoms with Crippen LogP contribution in [0.4, 0.5) is 11.8 Å². The molecule has 1 heterocycles. The lowest BCUT2D eigenvalue weighted by Crippen LogP contribution is -2.09. The Morgan fingerprint density at radius 3 is 2.70 bits per heavy atom. The molecule has 2 aromatic rings. The van der Waals surface area contributed by atoms with Gasteiger partial charge in [-0.3, -0.25) is 0 Å². The molecule has 1 aromatic carbocycles. The summed E-state index contributed by atoms with van der Waals surface area (Å²) in [6, 6.07) is 7.73. The maximum absolute atomic E-state index is 5.31. The van der Waals surface area contributed by atoms with Gasteiger partial charge < -0.3 is 20.1 Å². The highest BCUT2D eigenvalue weighted by Crippen LogP contribution is 2.27. The molecule has 0 unspecified atom stereocenters. The van der Waals surface area contributed by atoms with Crippen LogP contribution in [0.15, 0.2) is 43.1 Å². The topological polar surface area (TPSA) is 68.3 Å². The van der Waals surface area contributed by atoms with Gasteiger partial charge in [0, 0.05) is 19.3 Å².